The SMILES string of the molecule is COc1cc2c(NS(=O)(=O)c3c(C)cc(C)cc3C)ncnc2cc1OCCN1CCOCC1. The zero-order valence-electron chi connectivity index (χ0n) is 19.9. The Balaban J connectivity index is 1.61. The predicted molar refractivity (Wildman–Crippen MR) is 130 cm³/mol. The first kappa shape index (κ1) is 24.2. The first-order valence-electron chi connectivity index (χ1n) is 11.1. The second-order valence-corrected chi connectivity index (χ2v) is 10.00. The lowest BCUT2D eigenvalue weighted by Gasteiger charge is -2.26. The molecule has 1 fully saturated rings. The molecule has 10 heteroatoms. The van der Waals surface area contributed by atoms with Crippen molar-refractivity contribution in [3.05, 3.63) is 47.3 Å². The van der Waals surface area contributed by atoms with E-state index in [9.17, 15) is 8.42 Å². The number of methoxy groups -OCH3 is 1. The summed E-state index contributed by atoms with van der Waals surface area (Å²) >= 11 is 0. The topological polar surface area (TPSA) is 103 Å². The molecular weight excluding hydrogens is 456 g/mol. The van der Waals surface area contributed by atoms with Gasteiger partial charge in [-0.25, -0.2) is 18.4 Å². The van der Waals surface area contributed by atoms with E-state index < -0.39 is 10.0 Å². The molecule has 9 nitrogen and oxygen atoms in total. The smallest absolute Gasteiger partial charge is 0.263 e. The second-order valence-electron chi connectivity index (χ2n) is 8.38. The van der Waals surface area contributed by atoms with E-state index in [1.807, 2.05) is 19.1 Å². The Morgan fingerprint density at radius 2 is 1.74 bits per heavy atom. The Labute approximate surface area is 200 Å². The van der Waals surface area contributed by atoms with E-state index in [2.05, 4.69) is 19.6 Å². The summed E-state index contributed by atoms with van der Waals surface area (Å²) in [5, 5.41) is 0.519. The van der Waals surface area contributed by atoms with Gasteiger partial charge in [-0.1, -0.05) is 17.7 Å². The van der Waals surface area contributed by atoms with Crippen molar-refractivity contribution in [3.63, 3.8) is 0 Å². The number of hydrogen-bond donors (Lipinski definition) is 1. The molecule has 0 atom stereocenters. The average molecular weight is 487 g/mol. The minimum Gasteiger partial charge on any atom is -0.493 e. The molecule has 0 spiro atoms. The molecule has 0 unspecified atom stereocenters. The van der Waals surface area contributed by atoms with Crippen LogP contribution in [0.5, 0.6) is 11.5 Å². The number of nitrogens with one attached hydrogen (secondary N) is 1. The number of fused-ring (bicyclic) bond motifs is 1. The van der Waals surface area contributed by atoms with Gasteiger partial charge in [0.05, 0.1) is 30.7 Å². The van der Waals surface area contributed by atoms with Crippen LogP contribution in [0.4, 0.5) is 5.82 Å². The number of anilines is 1. The van der Waals surface area contributed by atoms with Gasteiger partial charge >= 0.3 is 0 Å². The van der Waals surface area contributed by atoms with Crippen molar-refractivity contribution in [3.8, 4) is 11.5 Å². The van der Waals surface area contributed by atoms with E-state index in [1.165, 1.54) is 6.33 Å². The summed E-state index contributed by atoms with van der Waals surface area (Å²) < 4.78 is 46.1. The van der Waals surface area contributed by atoms with Crippen LogP contribution in [-0.4, -0.2) is 69.9 Å². The standard InChI is InChI=1S/C24H30N4O5S/c1-16-11-17(2)23(18(3)12-16)34(29,30)27-24-19-13-21(31-4)22(14-20(19)25-15-26-24)33-10-7-28-5-8-32-9-6-28/h11-15H,5-10H2,1-4H3,(H,25,26,27). The molecule has 0 saturated carbocycles. The van der Waals surface area contributed by atoms with Crippen molar-refractivity contribution in [1.82, 2.24) is 14.9 Å². The predicted octanol–water partition coefficient (Wildman–Crippen LogP) is 3.08. The minimum atomic E-state index is -3.87. The number of ether oxygens (including phenoxy) is 3. The van der Waals surface area contributed by atoms with Gasteiger partial charge in [-0.15, -0.1) is 0 Å². The highest BCUT2D eigenvalue weighted by Crippen LogP contribution is 2.35. The van der Waals surface area contributed by atoms with Gasteiger partial charge in [0, 0.05) is 31.1 Å². The summed E-state index contributed by atoms with van der Waals surface area (Å²) in [4.78, 5) is 11.1. The molecule has 0 amide bonds. The fraction of sp³-hybridized carbons (Fsp3) is 0.417. The third-order valence-electron chi connectivity index (χ3n) is 5.79. The number of hydrogen-bond acceptors (Lipinski definition) is 8. The van der Waals surface area contributed by atoms with Crippen LogP contribution in [-0.2, 0) is 14.8 Å². The maximum Gasteiger partial charge on any atom is 0.263 e. The van der Waals surface area contributed by atoms with Crippen LogP contribution in [0.3, 0.4) is 0 Å². The largest absolute Gasteiger partial charge is 0.493 e. The molecule has 1 saturated heterocycles. The van der Waals surface area contributed by atoms with Crippen LogP contribution in [0, 0.1) is 20.8 Å². The molecule has 2 heterocycles. The van der Waals surface area contributed by atoms with Crippen molar-refractivity contribution in [2.75, 3.05) is 51.3 Å². The van der Waals surface area contributed by atoms with Crippen molar-refractivity contribution < 1.29 is 22.6 Å². The first-order chi connectivity index (χ1) is 16.3. The maximum absolute atomic E-state index is 13.3. The molecule has 2 aromatic carbocycles. The molecule has 1 aliphatic heterocycles. The van der Waals surface area contributed by atoms with E-state index in [-0.39, 0.29) is 10.7 Å². The third kappa shape index (κ3) is 5.24. The van der Waals surface area contributed by atoms with Crippen molar-refractivity contribution in [2.45, 2.75) is 25.7 Å². The van der Waals surface area contributed by atoms with Crippen molar-refractivity contribution in [1.29, 1.82) is 0 Å². The molecular formula is C24H30N4O5S. The van der Waals surface area contributed by atoms with Gasteiger partial charge < -0.3 is 14.2 Å². The number of aryl methyl sites for hydroxylation is 3. The summed E-state index contributed by atoms with van der Waals surface area (Å²) in [6.07, 6.45) is 1.33. The van der Waals surface area contributed by atoms with Crippen LogP contribution >= 0.6 is 0 Å². The summed E-state index contributed by atoms with van der Waals surface area (Å²) in [5.74, 6) is 1.20. The quantitative estimate of drug-likeness (QED) is 0.518. The average Bonchev–Trinajstić information content (AvgIpc) is 2.78. The maximum atomic E-state index is 13.3. The molecule has 1 aliphatic rings. The summed E-state index contributed by atoms with van der Waals surface area (Å²) in [6.45, 7) is 10.0. The number of nitrogens with zero attached hydrogens (tertiary/aromatic N) is 3. The summed E-state index contributed by atoms with van der Waals surface area (Å²) in [5.41, 5.74) is 2.91. The monoisotopic (exact) mass is 486 g/mol. The van der Waals surface area contributed by atoms with E-state index in [0.717, 1.165) is 38.4 Å². The molecule has 34 heavy (non-hydrogen) atoms. The highest BCUT2D eigenvalue weighted by Gasteiger charge is 2.22. The Morgan fingerprint density at radius 3 is 2.41 bits per heavy atom. The molecule has 0 aliphatic carbocycles. The van der Waals surface area contributed by atoms with E-state index in [4.69, 9.17) is 14.2 Å². The number of sulfonamides is 1. The van der Waals surface area contributed by atoms with Crippen LogP contribution < -0.4 is 14.2 Å². The van der Waals surface area contributed by atoms with Crippen LogP contribution in [0.25, 0.3) is 10.9 Å². The molecule has 4 rings (SSSR count). The number of morpholine rings is 1. The van der Waals surface area contributed by atoms with Crippen molar-refractivity contribution in [2.24, 2.45) is 0 Å². The molecule has 0 radical (unpaired) electrons. The van der Waals surface area contributed by atoms with Crippen molar-refractivity contribution >= 4 is 26.7 Å². The summed E-state index contributed by atoms with van der Waals surface area (Å²) in [6, 6.07) is 7.15. The molecule has 3 aromatic rings. The van der Waals surface area contributed by atoms with Gasteiger partial charge in [-0.3, -0.25) is 9.62 Å². The van der Waals surface area contributed by atoms with Crippen LogP contribution in [0.2, 0.25) is 0 Å². The normalized spacial score (nSPS) is 14.8. The molecule has 0 bridgehead atoms. The highest BCUT2D eigenvalue weighted by atomic mass is 32.2. The first-order valence-corrected chi connectivity index (χ1v) is 12.6. The molecule has 1 N–H and O–H groups in total. The van der Waals surface area contributed by atoms with E-state index in [1.54, 1.807) is 33.1 Å². The van der Waals surface area contributed by atoms with Gasteiger partial charge in [-0.05, 0) is 38.0 Å². The van der Waals surface area contributed by atoms with Crippen LogP contribution in [0.1, 0.15) is 16.7 Å². The fourth-order valence-electron chi connectivity index (χ4n) is 4.30. The summed E-state index contributed by atoms with van der Waals surface area (Å²) in [7, 11) is -2.32. The highest BCUT2D eigenvalue weighted by molar-refractivity contribution is 7.92. The van der Waals surface area contributed by atoms with Crippen LogP contribution in [0.15, 0.2) is 35.5 Å². The van der Waals surface area contributed by atoms with Gasteiger partial charge in [0.1, 0.15) is 12.9 Å². The lowest BCUT2D eigenvalue weighted by atomic mass is 10.1. The fourth-order valence-corrected chi connectivity index (χ4v) is 5.78. The zero-order chi connectivity index (χ0) is 24.3. The Bertz CT molecular complexity index is 1270. The number of rotatable bonds is 8. The van der Waals surface area contributed by atoms with Gasteiger partial charge in [0.25, 0.3) is 10.0 Å². The Kier molecular flexibility index (Phi) is 7.20. The van der Waals surface area contributed by atoms with Gasteiger partial charge in [0.2, 0.25) is 0 Å². The zero-order valence-corrected chi connectivity index (χ0v) is 20.7. The lowest BCUT2D eigenvalue weighted by molar-refractivity contribution is 0.0321. The Morgan fingerprint density at radius 1 is 1.03 bits per heavy atom. The third-order valence-corrected chi connectivity index (χ3v) is 7.44. The molecule has 182 valence electrons. The lowest BCUT2D eigenvalue weighted by Crippen LogP contribution is -2.38. The van der Waals surface area contributed by atoms with Gasteiger partial charge in [-0.2, -0.15) is 0 Å². The number of aromatic nitrogens is 2. The number of benzene rings is 2. The minimum absolute atomic E-state index is 0.183. The van der Waals surface area contributed by atoms with E-state index >= 15 is 0 Å². The molecule has 1 aromatic heterocycles. The second kappa shape index (κ2) is 10.1. The van der Waals surface area contributed by atoms with Gasteiger partial charge in [0.15, 0.2) is 17.3 Å². The van der Waals surface area contributed by atoms with E-state index in [0.29, 0.717) is 40.1 Å². The Hall–Kier alpha value is -2.95.